The predicted molar refractivity (Wildman–Crippen MR) is 108 cm³/mol. The standard InChI is InChI=1S/C20H19N5O4/c1-12-22-23-19-20(27)24(15-6-4-5-7-16(15)25(12)19)11-18(26)21-14-10-13(28-2)8-9-17(14)29-3/h4-10H,11H2,1-3H3,(H,21,26). The summed E-state index contributed by atoms with van der Waals surface area (Å²) in [6.07, 6.45) is 0. The minimum absolute atomic E-state index is 0.174. The fourth-order valence-corrected chi connectivity index (χ4v) is 3.30. The quantitative estimate of drug-likeness (QED) is 0.557. The number of carbonyl (C=O) groups excluding carboxylic acids is 1. The number of hydrogen-bond donors (Lipinski definition) is 1. The second kappa shape index (κ2) is 7.27. The summed E-state index contributed by atoms with van der Waals surface area (Å²) in [5.41, 5.74) is 1.59. The van der Waals surface area contributed by atoms with Gasteiger partial charge in [0.15, 0.2) is 0 Å². The highest BCUT2D eigenvalue weighted by molar-refractivity contribution is 5.93. The number of ether oxygens (including phenoxy) is 2. The van der Waals surface area contributed by atoms with Gasteiger partial charge in [-0.25, -0.2) is 0 Å². The number of para-hydroxylation sites is 2. The smallest absolute Gasteiger partial charge is 0.297 e. The van der Waals surface area contributed by atoms with Gasteiger partial charge in [-0.1, -0.05) is 12.1 Å². The molecule has 148 valence electrons. The van der Waals surface area contributed by atoms with Crippen LogP contribution in [0.15, 0.2) is 47.3 Å². The van der Waals surface area contributed by atoms with Gasteiger partial charge in [0.25, 0.3) is 5.56 Å². The number of fused-ring (bicyclic) bond motifs is 3. The molecule has 0 saturated carbocycles. The second-order valence-electron chi connectivity index (χ2n) is 6.40. The first-order chi connectivity index (χ1) is 14.0. The van der Waals surface area contributed by atoms with E-state index in [1.165, 1.54) is 18.8 Å². The summed E-state index contributed by atoms with van der Waals surface area (Å²) in [5, 5.41) is 10.8. The molecular weight excluding hydrogens is 374 g/mol. The van der Waals surface area contributed by atoms with Crippen LogP contribution in [0.1, 0.15) is 5.82 Å². The molecule has 9 heteroatoms. The highest BCUT2D eigenvalue weighted by atomic mass is 16.5. The minimum atomic E-state index is -0.392. The third-order valence-electron chi connectivity index (χ3n) is 4.66. The van der Waals surface area contributed by atoms with Gasteiger partial charge in [-0.15, -0.1) is 10.2 Å². The maximum absolute atomic E-state index is 13.0. The van der Waals surface area contributed by atoms with Crippen molar-refractivity contribution in [3.05, 3.63) is 58.6 Å². The summed E-state index contributed by atoms with van der Waals surface area (Å²) in [6.45, 7) is 1.58. The van der Waals surface area contributed by atoms with E-state index in [1.54, 1.807) is 35.6 Å². The van der Waals surface area contributed by atoms with Crippen molar-refractivity contribution in [1.29, 1.82) is 0 Å². The Labute approximate surface area is 165 Å². The number of hydrogen-bond acceptors (Lipinski definition) is 6. The molecule has 29 heavy (non-hydrogen) atoms. The minimum Gasteiger partial charge on any atom is -0.497 e. The van der Waals surface area contributed by atoms with Crippen LogP contribution in [0.5, 0.6) is 11.5 Å². The molecule has 0 atom stereocenters. The average Bonchev–Trinajstić information content (AvgIpc) is 3.13. The molecule has 0 aliphatic heterocycles. The van der Waals surface area contributed by atoms with Gasteiger partial charge in [-0.2, -0.15) is 0 Å². The Morgan fingerprint density at radius 1 is 1.07 bits per heavy atom. The van der Waals surface area contributed by atoms with Crippen molar-refractivity contribution in [3.63, 3.8) is 0 Å². The number of aryl methyl sites for hydroxylation is 1. The first-order valence-electron chi connectivity index (χ1n) is 8.88. The monoisotopic (exact) mass is 393 g/mol. The fraction of sp³-hybridized carbons (Fsp3) is 0.200. The van der Waals surface area contributed by atoms with Crippen molar-refractivity contribution in [2.45, 2.75) is 13.5 Å². The third-order valence-corrected chi connectivity index (χ3v) is 4.66. The molecule has 0 aliphatic rings. The van der Waals surface area contributed by atoms with E-state index >= 15 is 0 Å². The number of nitrogens with zero attached hydrogens (tertiary/aromatic N) is 4. The lowest BCUT2D eigenvalue weighted by Gasteiger charge is -2.14. The van der Waals surface area contributed by atoms with E-state index in [9.17, 15) is 9.59 Å². The Morgan fingerprint density at radius 2 is 1.83 bits per heavy atom. The van der Waals surface area contributed by atoms with E-state index in [2.05, 4.69) is 15.5 Å². The third kappa shape index (κ3) is 3.16. The van der Waals surface area contributed by atoms with Crippen LogP contribution in [0.25, 0.3) is 16.7 Å². The van der Waals surface area contributed by atoms with E-state index < -0.39 is 5.56 Å². The molecule has 0 fully saturated rings. The summed E-state index contributed by atoms with van der Waals surface area (Å²) in [4.78, 5) is 25.8. The van der Waals surface area contributed by atoms with Crippen LogP contribution < -0.4 is 20.3 Å². The molecule has 0 bridgehead atoms. The molecule has 0 radical (unpaired) electrons. The van der Waals surface area contributed by atoms with Crippen LogP contribution >= 0.6 is 0 Å². The number of aromatic nitrogens is 4. The Hall–Kier alpha value is -3.88. The lowest BCUT2D eigenvalue weighted by Crippen LogP contribution is -2.29. The zero-order valence-corrected chi connectivity index (χ0v) is 16.2. The molecule has 1 amide bonds. The molecule has 0 spiro atoms. The molecule has 0 saturated heterocycles. The van der Waals surface area contributed by atoms with Gasteiger partial charge < -0.3 is 14.8 Å². The number of anilines is 1. The van der Waals surface area contributed by atoms with E-state index in [4.69, 9.17) is 9.47 Å². The Morgan fingerprint density at radius 3 is 2.55 bits per heavy atom. The van der Waals surface area contributed by atoms with Gasteiger partial charge in [-0.05, 0) is 31.2 Å². The van der Waals surface area contributed by atoms with Crippen LogP contribution in [-0.4, -0.2) is 39.3 Å². The number of carbonyl (C=O) groups is 1. The first-order valence-corrected chi connectivity index (χ1v) is 8.88. The number of benzene rings is 2. The normalized spacial score (nSPS) is 11.0. The highest BCUT2D eigenvalue weighted by Crippen LogP contribution is 2.29. The lowest BCUT2D eigenvalue weighted by molar-refractivity contribution is -0.116. The van der Waals surface area contributed by atoms with Gasteiger partial charge >= 0.3 is 0 Å². The number of methoxy groups -OCH3 is 2. The maximum Gasteiger partial charge on any atom is 0.297 e. The molecule has 4 rings (SSSR count). The number of nitrogens with one attached hydrogen (secondary N) is 1. The zero-order valence-electron chi connectivity index (χ0n) is 16.2. The summed E-state index contributed by atoms with van der Waals surface area (Å²) in [6, 6.07) is 12.4. The van der Waals surface area contributed by atoms with Crippen molar-refractivity contribution >= 4 is 28.3 Å². The van der Waals surface area contributed by atoms with E-state index in [1.807, 2.05) is 18.2 Å². The summed E-state index contributed by atoms with van der Waals surface area (Å²) in [7, 11) is 3.05. The van der Waals surface area contributed by atoms with E-state index in [0.29, 0.717) is 28.5 Å². The van der Waals surface area contributed by atoms with Crippen LogP contribution in [0.4, 0.5) is 5.69 Å². The molecular formula is C20H19N5O4. The van der Waals surface area contributed by atoms with Crippen molar-refractivity contribution in [1.82, 2.24) is 19.2 Å². The van der Waals surface area contributed by atoms with Gasteiger partial charge in [0, 0.05) is 6.07 Å². The van der Waals surface area contributed by atoms with Crippen molar-refractivity contribution in [3.8, 4) is 11.5 Å². The van der Waals surface area contributed by atoms with Gasteiger partial charge in [0.1, 0.15) is 23.9 Å². The Bertz CT molecular complexity index is 1290. The van der Waals surface area contributed by atoms with Crippen LogP contribution in [0.2, 0.25) is 0 Å². The average molecular weight is 393 g/mol. The predicted octanol–water partition coefficient (Wildman–Crippen LogP) is 2.01. The SMILES string of the molecule is COc1ccc(OC)c(NC(=O)Cn2c(=O)c3nnc(C)n3c3ccccc32)c1. The molecule has 2 aromatic carbocycles. The molecule has 4 aromatic rings. The summed E-state index contributed by atoms with van der Waals surface area (Å²) >= 11 is 0. The van der Waals surface area contributed by atoms with Crippen molar-refractivity contribution in [2.24, 2.45) is 0 Å². The molecule has 2 heterocycles. The topological polar surface area (TPSA) is 99.8 Å². The maximum atomic E-state index is 13.0. The van der Waals surface area contributed by atoms with Gasteiger partial charge in [0.2, 0.25) is 11.6 Å². The van der Waals surface area contributed by atoms with Crippen LogP contribution in [0.3, 0.4) is 0 Å². The van der Waals surface area contributed by atoms with E-state index in [0.717, 1.165) is 5.52 Å². The Balaban J connectivity index is 1.76. The lowest BCUT2D eigenvalue weighted by atomic mass is 10.2. The number of amides is 1. The van der Waals surface area contributed by atoms with Gasteiger partial charge in [-0.3, -0.25) is 18.6 Å². The number of rotatable bonds is 5. The fourth-order valence-electron chi connectivity index (χ4n) is 3.30. The molecule has 0 aliphatic carbocycles. The second-order valence-corrected chi connectivity index (χ2v) is 6.40. The summed E-state index contributed by atoms with van der Waals surface area (Å²) < 4.78 is 13.6. The zero-order chi connectivity index (χ0) is 20.5. The summed E-state index contributed by atoms with van der Waals surface area (Å²) in [5.74, 6) is 1.28. The first kappa shape index (κ1) is 18.5. The Kier molecular flexibility index (Phi) is 4.63. The molecule has 2 aromatic heterocycles. The van der Waals surface area contributed by atoms with Crippen LogP contribution in [-0.2, 0) is 11.3 Å². The van der Waals surface area contributed by atoms with Crippen molar-refractivity contribution < 1.29 is 14.3 Å². The van der Waals surface area contributed by atoms with Gasteiger partial charge in [0.05, 0.1) is 30.9 Å². The molecule has 1 N–H and O–H groups in total. The largest absolute Gasteiger partial charge is 0.497 e. The highest BCUT2D eigenvalue weighted by Gasteiger charge is 2.17. The van der Waals surface area contributed by atoms with Crippen LogP contribution in [0, 0.1) is 6.92 Å². The molecule has 9 nitrogen and oxygen atoms in total. The van der Waals surface area contributed by atoms with Crippen molar-refractivity contribution in [2.75, 3.05) is 19.5 Å². The molecule has 0 unspecified atom stereocenters. The van der Waals surface area contributed by atoms with E-state index in [-0.39, 0.29) is 18.1 Å².